The number of aromatic nitrogens is 6. The van der Waals surface area contributed by atoms with Gasteiger partial charge in [-0.2, -0.15) is 10.2 Å². The minimum Gasteiger partial charge on any atom is -0.380 e. The molecule has 0 bridgehead atoms. The summed E-state index contributed by atoms with van der Waals surface area (Å²) in [4.78, 5) is 43.5. The van der Waals surface area contributed by atoms with Crippen LogP contribution in [0.1, 0.15) is 56.9 Å². The summed E-state index contributed by atoms with van der Waals surface area (Å²) < 4.78 is 16.9. The first-order valence-corrected chi connectivity index (χ1v) is 18.1. The van der Waals surface area contributed by atoms with Gasteiger partial charge in [0.1, 0.15) is 11.9 Å². The summed E-state index contributed by atoms with van der Waals surface area (Å²) in [6, 6.07) is 27.3. The maximum atomic E-state index is 13.8. The van der Waals surface area contributed by atoms with E-state index in [0.29, 0.717) is 52.5 Å². The third-order valence-corrected chi connectivity index (χ3v) is 8.61. The molecule has 0 aliphatic heterocycles. The van der Waals surface area contributed by atoms with E-state index in [-0.39, 0.29) is 17.2 Å². The minimum absolute atomic E-state index is 0.0530. The highest BCUT2D eigenvalue weighted by atomic mass is 19.1. The van der Waals surface area contributed by atoms with Gasteiger partial charge in [-0.05, 0) is 73.5 Å². The van der Waals surface area contributed by atoms with Gasteiger partial charge in [0.2, 0.25) is 6.41 Å². The Morgan fingerprint density at radius 1 is 0.783 bits per heavy atom. The lowest BCUT2D eigenvalue weighted by Gasteiger charge is -2.10. The number of hydrogen-bond donors (Lipinski definition) is 4. The number of amides is 3. The standard InChI is InChI=1S/C22H21FN4O3.C21H15N5O2.C2H2/c1-26(14-28)11-3-6-18(29)9-7-15-4-2-5-17(12-15)27-20-13-16(23)8-10-19(20)21(25-27)22(24)30;22-20(28)19-16-7-1-2-8-17(16)26(25-19)15-6-3-5-14(13-15)9-10-18(27)21-23-11-4-12-24-21;1-2/h2,4-5,8,10,12-14,18,29H,3,6,11H2,1H3,(H2,24,30);1-8,11-13,18,27H,(H2,22,28);1-2H/t2*18-;/m11./s1. The number of carbonyl (C=O) groups excluding carboxylic acids is 3. The Labute approximate surface area is 344 Å². The maximum Gasteiger partial charge on any atom is 0.269 e. The molecule has 7 rings (SSSR count). The number of rotatable bonds is 10. The number of fused-ring (bicyclic) bond motifs is 2. The third-order valence-electron chi connectivity index (χ3n) is 8.61. The topological polar surface area (TPSA) is 208 Å². The average molecular weight is 804 g/mol. The fourth-order valence-electron chi connectivity index (χ4n) is 5.84. The van der Waals surface area contributed by atoms with Gasteiger partial charge in [0.05, 0.1) is 22.4 Å². The molecule has 0 saturated heterocycles. The second-order valence-corrected chi connectivity index (χ2v) is 12.8. The molecule has 0 aliphatic rings. The van der Waals surface area contributed by atoms with Crippen LogP contribution in [0, 0.1) is 42.3 Å². The van der Waals surface area contributed by atoms with Crippen LogP contribution >= 0.6 is 0 Å². The van der Waals surface area contributed by atoms with Crippen molar-refractivity contribution in [3.63, 3.8) is 0 Å². The Kier molecular flexibility index (Phi) is 14.6. The van der Waals surface area contributed by atoms with Crippen molar-refractivity contribution in [3.8, 4) is 47.9 Å². The van der Waals surface area contributed by atoms with Crippen molar-refractivity contribution < 1.29 is 29.0 Å². The number of benzene rings is 4. The van der Waals surface area contributed by atoms with E-state index in [2.05, 4.69) is 56.7 Å². The van der Waals surface area contributed by atoms with E-state index in [1.807, 2.05) is 42.5 Å². The van der Waals surface area contributed by atoms with Crippen molar-refractivity contribution in [2.75, 3.05) is 13.6 Å². The lowest BCUT2D eigenvalue weighted by atomic mass is 10.1. The largest absolute Gasteiger partial charge is 0.380 e. The zero-order chi connectivity index (χ0) is 43.2. The predicted molar refractivity (Wildman–Crippen MR) is 224 cm³/mol. The summed E-state index contributed by atoms with van der Waals surface area (Å²) in [6.07, 6.45) is 11.0. The third kappa shape index (κ3) is 10.6. The van der Waals surface area contributed by atoms with E-state index in [9.17, 15) is 29.0 Å². The van der Waals surface area contributed by atoms with Crippen LogP contribution in [0.4, 0.5) is 4.39 Å². The van der Waals surface area contributed by atoms with Gasteiger partial charge in [0.25, 0.3) is 11.8 Å². The molecule has 3 aromatic heterocycles. The fraction of sp³-hybridized carbons (Fsp3) is 0.133. The van der Waals surface area contributed by atoms with Crippen LogP contribution in [0.2, 0.25) is 0 Å². The van der Waals surface area contributed by atoms with E-state index >= 15 is 0 Å². The molecule has 300 valence electrons. The van der Waals surface area contributed by atoms with Gasteiger partial charge in [0.15, 0.2) is 23.3 Å². The van der Waals surface area contributed by atoms with Gasteiger partial charge in [-0.3, -0.25) is 14.4 Å². The molecule has 0 fully saturated rings. The molecule has 0 spiro atoms. The molecule has 6 N–H and O–H groups in total. The van der Waals surface area contributed by atoms with E-state index in [4.69, 9.17) is 11.5 Å². The molecule has 60 heavy (non-hydrogen) atoms. The molecule has 2 atom stereocenters. The summed E-state index contributed by atoms with van der Waals surface area (Å²) >= 11 is 0. The number of terminal acetylenes is 1. The molecule has 7 aromatic rings. The molecule has 14 nitrogen and oxygen atoms in total. The number of primary amides is 2. The number of nitrogens with two attached hydrogens (primary N) is 2. The zero-order valence-corrected chi connectivity index (χ0v) is 32.2. The Morgan fingerprint density at radius 3 is 1.95 bits per heavy atom. The number of hydrogen-bond acceptors (Lipinski definition) is 9. The molecular formula is C45H38FN9O5. The Hall–Kier alpha value is -8.16. The quantitative estimate of drug-likeness (QED) is 0.116. The Morgan fingerprint density at radius 2 is 1.35 bits per heavy atom. The van der Waals surface area contributed by atoms with Crippen molar-refractivity contribution >= 4 is 40.0 Å². The maximum absolute atomic E-state index is 13.8. The molecule has 0 unspecified atom stereocenters. The number of aliphatic hydroxyl groups is 2. The van der Waals surface area contributed by atoms with E-state index in [1.165, 1.54) is 27.8 Å². The summed E-state index contributed by atoms with van der Waals surface area (Å²) in [7, 11) is 1.67. The molecule has 0 radical (unpaired) electrons. The van der Waals surface area contributed by atoms with Crippen LogP contribution in [-0.4, -0.2) is 82.6 Å². The van der Waals surface area contributed by atoms with Crippen LogP contribution in [0.5, 0.6) is 0 Å². The van der Waals surface area contributed by atoms with Crippen molar-refractivity contribution in [2.45, 2.75) is 25.0 Å². The fourth-order valence-corrected chi connectivity index (χ4v) is 5.84. The van der Waals surface area contributed by atoms with Crippen LogP contribution in [0.25, 0.3) is 33.2 Å². The summed E-state index contributed by atoms with van der Waals surface area (Å²) in [6.45, 7) is 0.544. The number of nitrogens with zero attached hydrogens (tertiary/aromatic N) is 7. The van der Waals surface area contributed by atoms with Gasteiger partial charge in [-0.1, -0.05) is 54.0 Å². The Bertz CT molecular complexity index is 2800. The molecule has 3 amide bonds. The normalized spacial score (nSPS) is 11.2. The molecule has 0 aliphatic carbocycles. The zero-order valence-electron chi connectivity index (χ0n) is 32.2. The highest BCUT2D eigenvalue weighted by molar-refractivity contribution is 6.05. The number of aliphatic hydroxyl groups excluding tert-OH is 2. The van der Waals surface area contributed by atoms with E-state index in [1.54, 1.807) is 60.5 Å². The van der Waals surface area contributed by atoms with Crippen LogP contribution in [0.15, 0.2) is 109 Å². The van der Waals surface area contributed by atoms with Crippen LogP contribution in [0.3, 0.4) is 0 Å². The van der Waals surface area contributed by atoms with Crippen LogP contribution < -0.4 is 11.5 Å². The monoisotopic (exact) mass is 803 g/mol. The number of carbonyl (C=O) groups is 3. The molecule has 4 aromatic carbocycles. The van der Waals surface area contributed by atoms with E-state index < -0.39 is 29.8 Å². The second kappa shape index (κ2) is 20.3. The van der Waals surface area contributed by atoms with Gasteiger partial charge < -0.3 is 26.6 Å². The summed E-state index contributed by atoms with van der Waals surface area (Å²) in [5.74, 6) is 9.83. The highest BCUT2D eigenvalue weighted by Crippen LogP contribution is 2.24. The average Bonchev–Trinajstić information content (AvgIpc) is 3.86. The summed E-state index contributed by atoms with van der Waals surface area (Å²) in [5, 5.41) is 29.9. The second-order valence-electron chi connectivity index (χ2n) is 12.8. The van der Waals surface area contributed by atoms with Crippen molar-refractivity contribution in [2.24, 2.45) is 11.5 Å². The molecule has 0 saturated carbocycles. The van der Waals surface area contributed by atoms with Gasteiger partial charge >= 0.3 is 0 Å². The summed E-state index contributed by atoms with van der Waals surface area (Å²) in [5.41, 5.74) is 14.9. The first kappa shape index (κ1) is 43.0. The SMILES string of the molecule is C#C.CN(C=O)CCC[C@@H](O)C#Cc1cccc(-n2nc(C(N)=O)c3ccc(F)cc32)c1.NC(=O)c1nn(-c2cccc(C#C[C@@H](O)c3ncccn3)c2)c2ccccc12. The first-order valence-electron chi connectivity index (χ1n) is 18.1. The van der Waals surface area contributed by atoms with Crippen molar-refractivity contribution in [1.29, 1.82) is 0 Å². The highest BCUT2D eigenvalue weighted by Gasteiger charge is 2.17. The van der Waals surface area contributed by atoms with Gasteiger partial charge in [-0.25, -0.2) is 23.7 Å². The Balaban J connectivity index is 0.000000219. The smallest absolute Gasteiger partial charge is 0.269 e. The van der Waals surface area contributed by atoms with E-state index in [0.717, 1.165) is 17.6 Å². The molecule has 3 heterocycles. The molecular weight excluding hydrogens is 766 g/mol. The predicted octanol–water partition coefficient (Wildman–Crippen LogP) is 4.09. The minimum atomic E-state index is -1.09. The van der Waals surface area contributed by atoms with Crippen molar-refractivity contribution in [3.05, 3.63) is 144 Å². The first-order chi connectivity index (χ1) is 29.0. The lowest BCUT2D eigenvalue weighted by Crippen LogP contribution is -2.18. The molecule has 15 heteroatoms. The number of para-hydroxylation sites is 1. The lowest BCUT2D eigenvalue weighted by molar-refractivity contribution is -0.117. The van der Waals surface area contributed by atoms with Crippen LogP contribution in [-0.2, 0) is 4.79 Å². The van der Waals surface area contributed by atoms with Gasteiger partial charge in [-0.15, -0.1) is 12.8 Å². The van der Waals surface area contributed by atoms with Crippen molar-refractivity contribution in [1.82, 2.24) is 34.4 Å². The number of halogens is 1. The van der Waals surface area contributed by atoms with Gasteiger partial charge in [0, 0.05) is 54.0 Å².